The number of hydrogen-bond acceptors (Lipinski definition) is 1. The maximum absolute atomic E-state index is 3.53. The monoisotopic (exact) mass is 221 g/mol. The van der Waals surface area contributed by atoms with Gasteiger partial charge < -0.3 is 0 Å². The molecule has 0 aliphatic rings. The summed E-state index contributed by atoms with van der Waals surface area (Å²) < 4.78 is 0.791. The first-order valence-corrected chi connectivity index (χ1v) is 8.16. The fourth-order valence-corrected chi connectivity index (χ4v) is 2.12. The minimum atomic E-state index is 0.791. The molecule has 0 aromatic carbocycles. The molecule has 0 heterocycles. The van der Waals surface area contributed by atoms with Crippen LogP contribution < -0.4 is 5.32 Å². The van der Waals surface area contributed by atoms with E-state index in [-0.39, 0.29) is 0 Å². The molecule has 0 saturated heterocycles. The van der Waals surface area contributed by atoms with Gasteiger partial charge in [-0.3, -0.25) is 0 Å². The Hall–Kier alpha value is 0.960. The fourth-order valence-electron chi connectivity index (χ4n) is 1.83. The van der Waals surface area contributed by atoms with E-state index in [0.717, 1.165) is 3.29 Å². The Labute approximate surface area is 114 Å². The number of rotatable bonds is 11. The van der Waals surface area contributed by atoms with Crippen molar-refractivity contribution in [1.82, 2.24) is 5.32 Å². The zero-order valence-corrected chi connectivity index (χ0v) is 13.1. The van der Waals surface area contributed by atoms with Crippen molar-refractivity contribution in [2.75, 3.05) is 6.54 Å². The topological polar surface area (TPSA) is 12.0 Å². The summed E-state index contributed by atoms with van der Waals surface area (Å²) in [6.45, 7) is 5.80. The van der Waals surface area contributed by atoms with E-state index in [1.165, 1.54) is 92.3 Å². The Bertz CT molecular complexity index is 115. The second kappa shape index (κ2) is 13.0. The molecule has 86 valence electrons. The molecule has 1 nitrogen and oxygen atoms in total. The van der Waals surface area contributed by atoms with Crippen LogP contribution in [-0.2, 0) is 0 Å². The predicted octanol–water partition coefficient (Wildman–Crippen LogP) is 3.62. The summed E-state index contributed by atoms with van der Waals surface area (Å²) >= 11 is 1.28. The maximum atomic E-state index is 3.53. The van der Waals surface area contributed by atoms with Gasteiger partial charge in [0.05, 0.1) is 0 Å². The van der Waals surface area contributed by atoms with Crippen LogP contribution in [0.2, 0.25) is 0 Å². The van der Waals surface area contributed by atoms with Gasteiger partial charge in [-0.1, -0.05) is 6.92 Å². The van der Waals surface area contributed by atoms with Crippen LogP contribution in [0, 0.1) is 0 Å². The summed E-state index contributed by atoms with van der Waals surface area (Å²) in [7, 11) is 0. The molecule has 0 spiro atoms. The van der Waals surface area contributed by atoms with Crippen LogP contribution in [0.15, 0.2) is 0 Å². The molecule has 0 aromatic rings. The summed E-state index contributed by atoms with van der Waals surface area (Å²) in [5.74, 6) is 0. The van der Waals surface area contributed by atoms with Crippen LogP contribution in [-0.4, -0.2) is 37.8 Å². The Balaban J connectivity index is 2.87. The first-order valence-electron chi connectivity index (χ1n) is 7.00. The van der Waals surface area contributed by atoms with Gasteiger partial charge in [0.1, 0.15) is 0 Å². The summed E-state index contributed by atoms with van der Waals surface area (Å²) in [6, 6.07) is 0. The summed E-state index contributed by atoms with van der Waals surface area (Å²) in [5.41, 5.74) is 0. The molecule has 0 saturated carbocycles. The standard InChI is InChI=1S/C13H28N.Na/c1-3-5-6-7-8-9-10-11-12-13-14-4-2;/h4,14H,3,5-13H2,1-2H3;. The molecule has 0 bridgehead atoms. The van der Waals surface area contributed by atoms with Gasteiger partial charge in [-0.25, -0.2) is 0 Å². The third-order valence-electron chi connectivity index (χ3n) is 2.83. The summed E-state index contributed by atoms with van der Waals surface area (Å²) in [5, 5.41) is 3.53. The second-order valence-electron chi connectivity index (χ2n) is 4.94. The second-order valence-corrected chi connectivity index (χ2v) is 6.67. The fraction of sp³-hybridized carbons (Fsp3) is 1.00. The third kappa shape index (κ3) is 15.0. The molecular formula is C13H28NNa. The van der Waals surface area contributed by atoms with Gasteiger partial charge in [0.2, 0.25) is 0 Å². The molecule has 0 fully saturated rings. The van der Waals surface area contributed by atoms with Gasteiger partial charge in [-0.15, -0.1) is 0 Å². The molecule has 2 heteroatoms. The van der Waals surface area contributed by atoms with Crippen LogP contribution in [0.4, 0.5) is 0 Å². The summed E-state index contributed by atoms with van der Waals surface area (Å²) in [4.78, 5) is 0. The SMILES string of the molecule is CCCCCCCCCCCN[CH](C)[Na]. The van der Waals surface area contributed by atoms with E-state index in [1.54, 1.807) is 0 Å². The van der Waals surface area contributed by atoms with Gasteiger partial charge in [-0.2, -0.15) is 0 Å². The molecule has 0 aliphatic heterocycles. The molecule has 15 heavy (non-hydrogen) atoms. The number of hydrogen-bond donors (Lipinski definition) is 1. The van der Waals surface area contributed by atoms with Crippen molar-refractivity contribution in [3.63, 3.8) is 0 Å². The minimum absolute atomic E-state index is 0.791. The Kier molecular flexibility index (Phi) is 13.9. The van der Waals surface area contributed by atoms with Crippen molar-refractivity contribution < 1.29 is 0 Å². The molecule has 1 atom stereocenters. The molecule has 0 rings (SSSR count). The molecule has 0 aromatic heterocycles. The van der Waals surface area contributed by atoms with E-state index in [1.807, 2.05) is 0 Å². The third-order valence-corrected chi connectivity index (χ3v) is 3.24. The van der Waals surface area contributed by atoms with Crippen molar-refractivity contribution in [3.05, 3.63) is 0 Å². The van der Waals surface area contributed by atoms with Gasteiger partial charge >= 0.3 is 108 Å². The normalized spacial score (nSPS) is 13.1. The zero-order valence-electron chi connectivity index (χ0n) is 11.1. The van der Waals surface area contributed by atoms with E-state index in [2.05, 4.69) is 19.2 Å². The van der Waals surface area contributed by atoms with E-state index in [4.69, 9.17) is 0 Å². The number of nitrogens with one attached hydrogen (secondary N) is 1. The van der Waals surface area contributed by atoms with Crippen LogP contribution in [0.1, 0.15) is 71.6 Å². The predicted molar refractivity (Wildman–Crippen MR) is 70.4 cm³/mol. The number of unbranched alkanes of at least 4 members (excludes halogenated alkanes) is 8. The molecule has 1 unspecified atom stereocenters. The summed E-state index contributed by atoms with van der Waals surface area (Å²) in [6.07, 6.45) is 12.9. The van der Waals surface area contributed by atoms with Crippen molar-refractivity contribution >= 4 is 27.9 Å². The van der Waals surface area contributed by atoms with Gasteiger partial charge in [0.15, 0.2) is 0 Å². The first-order chi connectivity index (χ1) is 7.27. The Morgan fingerprint density at radius 2 is 1.33 bits per heavy atom. The van der Waals surface area contributed by atoms with E-state index in [0.29, 0.717) is 0 Å². The van der Waals surface area contributed by atoms with Crippen LogP contribution >= 0.6 is 0 Å². The molecule has 0 amide bonds. The molecule has 1 N–H and O–H groups in total. The van der Waals surface area contributed by atoms with Crippen molar-refractivity contribution in [1.29, 1.82) is 0 Å². The molecule has 0 aliphatic carbocycles. The molecular weight excluding hydrogens is 193 g/mol. The average molecular weight is 221 g/mol. The van der Waals surface area contributed by atoms with E-state index < -0.39 is 0 Å². The molecule has 0 radical (unpaired) electrons. The van der Waals surface area contributed by atoms with Crippen molar-refractivity contribution in [3.8, 4) is 0 Å². The quantitative estimate of drug-likeness (QED) is 0.415. The van der Waals surface area contributed by atoms with Crippen molar-refractivity contribution in [2.24, 2.45) is 0 Å². The zero-order chi connectivity index (χ0) is 11.4. The van der Waals surface area contributed by atoms with E-state index >= 15 is 0 Å². The van der Waals surface area contributed by atoms with E-state index in [9.17, 15) is 0 Å². The van der Waals surface area contributed by atoms with Gasteiger partial charge in [0, 0.05) is 0 Å². The van der Waals surface area contributed by atoms with Gasteiger partial charge in [-0.05, 0) is 0 Å². The Morgan fingerprint density at radius 1 is 0.867 bits per heavy atom. The average Bonchev–Trinajstić information content (AvgIpc) is 2.20. The van der Waals surface area contributed by atoms with Crippen LogP contribution in [0.3, 0.4) is 0 Å². The van der Waals surface area contributed by atoms with Gasteiger partial charge in [0.25, 0.3) is 0 Å². The first kappa shape index (κ1) is 16.0. The Morgan fingerprint density at radius 3 is 1.80 bits per heavy atom. The van der Waals surface area contributed by atoms with Crippen molar-refractivity contribution in [2.45, 2.75) is 74.9 Å². The van der Waals surface area contributed by atoms with Crippen LogP contribution in [0.25, 0.3) is 0 Å². The van der Waals surface area contributed by atoms with Crippen LogP contribution in [0.5, 0.6) is 0 Å².